The van der Waals surface area contributed by atoms with Crippen molar-refractivity contribution < 1.29 is 0 Å². The SMILES string of the molecule is CCC(C)c1ccc(NC(C2CC2)C2CC2)cc1. The van der Waals surface area contributed by atoms with Gasteiger partial charge in [-0.2, -0.15) is 0 Å². The van der Waals surface area contributed by atoms with Crippen LogP contribution >= 0.6 is 0 Å². The van der Waals surface area contributed by atoms with E-state index < -0.39 is 0 Å². The van der Waals surface area contributed by atoms with Crippen LogP contribution in [0.1, 0.15) is 57.4 Å². The van der Waals surface area contributed by atoms with Crippen LogP contribution in [0, 0.1) is 11.8 Å². The van der Waals surface area contributed by atoms with E-state index in [9.17, 15) is 0 Å². The first kappa shape index (κ1) is 12.1. The number of nitrogens with one attached hydrogen (secondary N) is 1. The summed E-state index contributed by atoms with van der Waals surface area (Å²) in [6.07, 6.45) is 7.00. The summed E-state index contributed by atoms with van der Waals surface area (Å²) in [7, 11) is 0. The van der Waals surface area contributed by atoms with Crippen LogP contribution in [0.5, 0.6) is 0 Å². The molecule has 0 bridgehead atoms. The molecule has 18 heavy (non-hydrogen) atoms. The Morgan fingerprint density at radius 3 is 2.06 bits per heavy atom. The first-order valence-electron chi connectivity index (χ1n) is 7.64. The summed E-state index contributed by atoms with van der Waals surface area (Å²) in [5.41, 5.74) is 2.79. The largest absolute Gasteiger partial charge is 0.382 e. The van der Waals surface area contributed by atoms with Gasteiger partial charge >= 0.3 is 0 Å². The first-order valence-corrected chi connectivity index (χ1v) is 7.64. The fourth-order valence-corrected chi connectivity index (χ4v) is 2.87. The van der Waals surface area contributed by atoms with Crippen LogP contribution in [0.4, 0.5) is 5.69 Å². The van der Waals surface area contributed by atoms with Crippen molar-refractivity contribution in [3.63, 3.8) is 0 Å². The molecule has 1 unspecified atom stereocenters. The highest BCUT2D eigenvalue weighted by Crippen LogP contribution is 2.45. The van der Waals surface area contributed by atoms with Crippen LogP contribution in [-0.2, 0) is 0 Å². The third-order valence-electron chi connectivity index (χ3n) is 4.69. The number of anilines is 1. The molecule has 0 spiro atoms. The monoisotopic (exact) mass is 243 g/mol. The number of hydrogen-bond acceptors (Lipinski definition) is 1. The molecule has 0 amide bonds. The third-order valence-corrected chi connectivity index (χ3v) is 4.69. The molecule has 3 rings (SSSR count). The highest BCUT2D eigenvalue weighted by atomic mass is 15.0. The van der Waals surface area contributed by atoms with E-state index in [0.717, 1.165) is 17.9 Å². The fourth-order valence-electron chi connectivity index (χ4n) is 2.87. The lowest BCUT2D eigenvalue weighted by Gasteiger charge is -2.19. The van der Waals surface area contributed by atoms with Gasteiger partial charge < -0.3 is 5.32 Å². The summed E-state index contributed by atoms with van der Waals surface area (Å²) < 4.78 is 0. The van der Waals surface area contributed by atoms with Crippen LogP contribution in [0.15, 0.2) is 24.3 Å². The van der Waals surface area contributed by atoms with Crippen LogP contribution in [0.2, 0.25) is 0 Å². The molecule has 98 valence electrons. The van der Waals surface area contributed by atoms with Crippen molar-refractivity contribution in [3.8, 4) is 0 Å². The van der Waals surface area contributed by atoms with Gasteiger partial charge in [0.1, 0.15) is 0 Å². The van der Waals surface area contributed by atoms with Crippen molar-refractivity contribution in [1.82, 2.24) is 0 Å². The molecule has 0 radical (unpaired) electrons. The highest BCUT2D eigenvalue weighted by molar-refractivity contribution is 5.46. The Hall–Kier alpha value is -0.980. The van der Waals surface area contributed by atoms with E-state index in [4.69, 9.17) is 0 Å². The van der Waals surface area contributed by atoms with E-state index in [1.807, 2.05) is 0 Å². The van der Waals surface area contributed by atoms with Gasteiger partial charge in [0.2, 0.25) is 0 Å². The predicted molar refractivity (Wildman–Crippen MR) is 78.0 cm³/mol. The molecule has 0 aliphatic heterocycles. The van der Waals surface area contributed by atoms with Gasteiger partial charge in [-0.3, -0.25) is 0 Å². The van der Waals surface area contributed by atoms with Gasteiger partial charge in [0.05, 0.1) is 0 Å². The Balaban J connectivity index is 1.64. The van der Waals surface area contributed by atoms with Crippen molar-refractivity contribution in [1.29, 1.82) is 0 Å². The molecule has 1 nitrogen and oxygen atoms in total. The number of benzene rings is 1. The van der Waals surface area contributed by atoms with E-state index in [0.29, 0.717) is 5.92 Å². The summed E-state index contributed by atoms with van der Waals surface area (Å²) in [6, 6.07) is 9.92. The molecule has 1 aromatic rings. The average Bonchev–Trinajstić information content (AvgIpc) is 3.29. The first-order chi connectivity index (χ1) is 8.78. The minimum atomic E-state index is 0.682. The third kappa shape index (κ3) is 2.71. The second-order valence-corrected chi connectivity index (χ2v) is 6.28. The van der Waals surface area contributed by atoms with Crippen LogP contribution < -0.4 is 5.32 Å². The summed E-state index contributed by atoms with van der Waals surface area (Å²) in [5, 5.41) is 3.79. The molecule has 0 aromatic heterocycles. The maximum Gasteiger partial charge on any atom is 0.0342 e. The second kappa shape index (κ2) is 4.95. The molecule has 2 fully saturated rings. The van der Waals surface area contributed by atoms with E-state index >= 15 is 0 Å². The summed E-state index contributed by atoms with van der Waals surface area (Å²) in [5.74, 6) is 2.61. The lowest BCUT2D eigenvalue weighted by molar-refractivity contribution is 0.568. The smallest absolute Gasteiger partial charge is 0.0342 e. The van der Waals surface area contributed by atoms with Crippen molar-refractivity contribution >= 4 is 5.69 Å². The molecule has 1 atom stereocenters. The lowest BCUT2D eigenvalue weighted by atomic mass is 9.98. The van der Waals surface area contributed by atoms with Crippen molar-refractivity contribution in [3.05, 3.63) is 29.8 Å². The molecule has 2 aliphatic carbocycles. The topological polar surface area (TPSA) is 12.0 Å². The Kier molecular flexibility index (Phi) is 3.32. The number of rotatable bonds is 6. The van der Waals surface area contributed by atoms with E-state index in [1.54, 1.807) is 0 Å². The van der Waals surface area contributed by atoms with Crippen LogP contribution in [-0.4, -0.2) is 6.04 Å². The summed E-state index contributed by atoms with van der Waals surface area (Å²) in [4.78, 5) is 0. The molecule has 1 heteroatoms. The van der Waals surface area contributed by atoms with Crippen molar-refractivity contribution in [2.75, 3.05) is 5.32 Å². The van der Waals surface area contributed by atoms with Crippen LogP contribution in [0.3, 0.4) is 0 Å². The minimum Gasteiger partial charge on any atom is -0.382 e. The van der Waals surface area contributed by atoms with Gasteiger partial charge in [-0.25, -0.2) is 0 Å². The molecule has 0 saturated heterocycles. The molecule has 1 aromatic carbocycles. The van der Waals surface area contributed by atoms with Crippen molar-refractivity contribution in [2.24, 2.45) is 11.8 Å². The summed E-state index contributed by atoms with van der Waals surface area (Å²) in [6.45, 7) is 4.56. The molecule has 2 saturated carbocycles. The normalized spacial score (nSPS) is 21.1. The Morgan fingerprint density at radius 1 is 1.06 bits per heavy atom. The van der Waals surface area contributed by atoms with Gasteiger partial charge in [-0.1, -0.05) is 26.0 Å². The zero-order valence-corrected chi connectivity index (χ0v) is 11.7. The highest BCUT2D eigenvalue weighted by Gasteiger charge is 2.41. The average molecular weight is 243 g/mol. The quantitative estimate of drug-likeness (QED) is 0.756. The van der Waals surface area contributed by atoms with Gasteiger partial charge in [0.25, 0.3) is 0 Å². The lowest BCUT2D eigenvalue weighted by Crippen LogP contribution is -2.24. The standard InChI is InChI=1S/C17H25N/c1-3-12(2)13-8-10-16(11-9-13)18-17(14-4-5-14)15-6-7-15/h8-12,14-15,17-18H,3-7H2,1-2H3. The second-order valence-electron chi connectivity index (χ2n) is 6.28. The van der Waals surface area contributed by atoms with Gasteiger partial charge in [-0.05, 0) is 67.6 Å². The summed E-state index contributed by atoms with van der Waals surface area (Å²) >= 11 is 0. The molecular weight excluding hydrogens is 218 g/mol. The van der Waals surface area contributed by atoms with E-state index in [-0.39, 0.29) is 0 Å². The Bertz CT molecular complexity index is 375. The fraction of sp³-hybridized carbons (Fsp3) is 0.647. The Morgan fingerprint density at radius 2 is 1.61 bits per heavy atom. The van der Waals surface area contributed by atoms with Gasteiger partial charge in [-0.15, -0.1) is 0 Å². The van der Waals surface area contributed by atoms with Crippen LogP contribution in [0.25, 0.3) is 0 Å². The molecule has 1 N–H and O–H groups in total. The maximum absolute atomic E-state index is 3.79. The van der Waals surface area contributed by atoms with E-state index in [2.05, 4.69) is 43.4 Å². The number of hydrogen-bond donors (Lipinski definition) is 1. The molecule has 2 aliphatic rings. The molecular formula is C17H25N. The maximum atomic E-state index is 3.79. The Labute approximate surface area is 111 Å². The molecule has 0 heterocycles. The zero-order valence-electron chi connectivity index (χ0n) is 11.7. The van der Waals surface area contributed by atoms with Gasteiger partial charge in [0.15, 0.2) is 0 Å². The zero-order chi connectivity index (χ0) is 12.5. The van der Waals surface area contributed by atoms with E-state index in [1.165, 1.54) is 43.4 Å². The predicted octanol–water partition coefficient (Wildman–Crippen LogP) is 4.80. The van der Waals surface area contributed by atoms with Gasteiger partial charge in [0, 0.05) is 11.7 Å². The van der Waals surface area contributed by atoms with Crippen molar-refractivity contribution in [2.45, 2.75) is 57.9 Å². The minimum absolute atomic E-state index is 0.682.